The molecule has 0 spiro atoms. The van der Waals surface area contributed by atoms with Crippen LogP contribution >= 0.6 is 41.1 Å². The van der Waals surface area contributed by atoms with Crippen LogP contribution in [-0.2, 0) is 0 Å². The van der Waals surface area contributed by atoms with E-state index in [9.17, 15) is 0 Å². The van der Waals surface area contributed by atoms with Crippen molar-refractivity contribution in [1.29, 1.82) is 0 Å². The smallest absolute Gasteiger partial charge is 0.0949 e. The number of alkyl halides is 1. The monoisotopic (exact) mass is 221 g/mol. The molecule has 2 unspecified atom stereocenters. The highest BCUT2D eigenvalue weighted by Crippen LogP contribution is 2.26. The van der Waals surface area contributed by atoms with Crippen molar-refractivity contribution in [3.8, 4) is 0 Å². The Balaban J connectivity index is 3.02. The summed E-state index contributed by atoms with van der Waals surface area (Å²) < 4.78 is -0.197. The van der Waals surface area contributed by atoms with Gasteiger partial charge in [-0.05, 0) is 0 Å². The van der Waals surface area contributed by atoms with E-state index >= 15 is 0 Å². The fourth-order valence-corrected chi connectivity index (χ4v) is 0. The van der Waals surface area contributed by atoms with Crippen LogP contribution in [0.15, 0.2) is 0 Å². The number of nitrogens with two attached hydrogens (primary N) is 1. The molecule has 0 bridgehead atoms. The van der Waals surface area contributed by atoms with Crippen molar-refractivity contribution in [2.75, 3.05) is 0 Å². The second kappa shape index (κ2) is 2.02. The SMILES string of the molecule is NC(P)(P)I. The third kappa shape index (κ3) is 29.1. The molecule has 0 aromatic carbocycles. The lowest BCUT2D eigenvalue weighted by atomic mass is 11.5. The predicted octanol–water partition coefficient (Wildman–Crippen LogP) is 0.742. The Morgan fingerprint density at radius 2 is 1.60 bits per heavy atom. The summed E-state index contributed by atoms with van der Waals surface area (Å²) in [6.45, 7) is 0. The third-order valence-electron chi connectivity index (χ3n) is 0. The zero-order chi connectivity index (χ0) is 4.50. The minimum atomic E-state index is -0.197. The predicted molar refractivity (Wildman–Crippen MR) is 40.4 cm³/mol. The van der Waals surface area contributed by atoms with Gasteiger partial charge in [0.05, 0.1) is 3.03 Å². The van der Waals surface area contributed by atoms with Crippen LogP contribution in [0.2, 0.25) is 0 Å². The first-order valence-corrected chi connectivity index (χ1v) is 3.29. The number of hydrogen-bond acceptors (Lipinski definition) is 1. The average Bonchev–Trinajstić information content (AvgIpc) is 0.722. The Hall–Kier alpha value is 1.55. The molecule has 32 valence electrons. The first-order chi connectivity index (χ1) is 2.00. The van der Waals surface area contributed by atoms with Crippen molar-refractivity contribution in [1.82, 2.24) is 0 Å². The Morgan fingerprint density at radius 1 is 1.60 bits per heavy atom. The lowest BCUT2D eigenvalue weighted by Crippen LogP contribution is -2.12. The van der Waals surface area contributed by atoms with Gasteiger partial charge in [-0.25, -0.2) is 0 Å². The van der Waals surface area contributed by atoms with E-state index in [1.54, 1.807) is 0 Å². The molecular formula is CH6INP2. The minimum absolute atomic E-state index is 0.197. The fraction of sp³-hybridized carbons (Fsp3) is 1.00. The molecule has 0 saturated carbocycles. The van der Waals surface area contributed by atoms with Crippen LogP contribution in [0.4, 0.5) is 0 Å². The van der Waals surface area contributed by atoms with Crippen LogP contribution in [0.1, 0.15) is 0 Å². The fourth-order valence-electron chi connectivity index (χ4n) is 0. The summed E-state index contributed by atoms with van der Waals surface area (Å²) in [5.41, 5.74) is 5.27. The summed E-state index contributed by atoms with van der Waals surface area (Å²) in [4.78, 5) is 0. The van der Waals surface area contributed by atoms with Crippen molar-refractivity contribution in [2.45, 2.75) is 3.03 Å². The summed E-state index contributed by atoms with van der Waals surface area (Å²) in [5, 5.41) is 0. The molecule has 2 atom stereocenters. The molecule has 0 saturated heterocycles. The number of halogens is 1. The van der Waals surface area contributed by atoms with E-state index in [-0.39, 0.29) is 3.03 Å². The third-order valence-corrected chi connectivity index (χ3v) is 0. The summed E-state index contributed by atoms with van der Waals surface area (Å²) in [7, 11) is 4.89. The minimum Gasteiger partial charge on any atom is -0.311 e. The molecule has 4 heteroatoms. The summed E-state index contributed by atoms with van der Waals surface area (Å²) >= 11 is 2.08. The van der Waals surface area contributed by atoms with Crippen LogP contribution in [0.5, 0.6) is 0 Å². The van der Waals surface area contributed by atoms with E-state index in [0.29, 0.717) is 0 Å². The van der Waals surface area contributed by atoms with Gasteiger partial charge >= 0.3 is 0 Å². The van der Waals surface area contributed by atoms with Gasteiger partial charge in [0.1, 0.15) is 0 Å². The van der Waals surface area contributed by atoms with Crippen LogP contribution in [0.25, 0.3) is 0 Å². The van der Waals surface area contributed by atoms with Gasteiger partial charge in [-0.2, -0.15) is 0 Å². The van der Waals surface area contributed by atoms with Gasteiger partial charge in [-0.15, -0.1) is 18.5 Å². The maximum Gasteiger partial charge on any atom is 0.0949 e. The van der Waals surface area contributed by atoms with E-state index in [1.165, 1.54) is 0 Å². The van der Waals surface area contributed by atoms with Crippen molar-refractivity contribution in [3.63, 3.8) is 0 Å². The summed E-state index contributed by atoms with van der Waals surface area (Å²) in [6.07, 6.45) is 0. The van der Waals surface area contributed by atoms with E-state index in [0.717, 1.165) is 0 Å². The number of hydrogen-bond donors (Lipinski definition) is 1. The molecule has 2 N–H and O–H groups in total. The van der Waals surface area contributed by atoms with Gasteiger partial charge in [0.25, 0.3) is 0 Å². The highest BCUT2D eigenvalue weighted by atomic mass is 127. The van der Waals surface area contributed by atoms with Crippen LogP contribution in [-0.4, -0.2) is 3.03 Å². The first kappa shape index (κ1) is 6.55. The highest BCUT2D eigenvalue weighted by Gasteiger charge is 1.98. The lowest BCUT2D eigenvalue weighted by Gasteiger charge is -2.03. The van der Waals surface area contributed by atoms with E-state index in [4.69, 9.17) is 5.73 Å². The molecule has 0 aliphatic heterocycles. The van der Waals surface area contributed by atoms with Crippen LogP contribution in [0.3, 0.4) is 0 Å². The zero-order valence-corrected chi connectivity index (χ0v) is 7.08. The molecule has 0 radical (unpaired) electrons. The Morgan fingerprint density at radius 3 is 1.60 bits per heavy atom. The first-order valence-electron chi connectivity index (χ1n) is 1.06. The molecule has 5 heavy (non-hydrogen) atoms. The van der Waals surface area contributed by atoms with Gasteiger partial charge < -0.3 is 5.73 Å². The van der Waals surface area contributed by atoms with Gasteiger partial charge in [-0.1, -0.05) is 22.6 Å². The Kier molecular flexibility index (Phi) is 2.64. The molecule has 0 aromatic heterocycles. The maximum atomic E-state index is 5.27. The molecule has 0 aliphatic rings. The highest BCUT2D eigenvalue weighted by molar-refractivity contribution is 14.1. The average molecular weight is 221 g/mol. The van der Waals surface area contributed by atoms with Crippen LogP contribution in [0, 0.1) is 0 Å². The topological polar surface area (TPSA) is 26.0 Å². The molecule has 1 nitrogen and oxygen atoms in total. The molecule has 0 aromatic rings. The molecule has 0 heterocycles. The Labute approximate surface area is 50.0 Å². The second-order valence-corrected chi connectivity index (χ2v) is 7.62. The second-order valence-electron chi connectivity index (χ2n) is 0.827. The Bertz CT molecular complexity index is 25.1. The normalized spacial score (nSPS) is 12.0. The molecular weight excluding hydrogens is 215 g/mol. The number of rotatable bonds is 0. The van der Waals surface area contributed by atoms with Crippen molar-refractivity contribution in [3.05, 3.63) is 0 Å². The van der Waals surface area contributed by atoms with E-state index in [2.05, 4.69) is 41.1 Å². The molecule has 0 fully saturated rings. The maximum absolute atomic E-state index is 5.27. The summed E-state index contributed by atoms with van der Waals surface area (Å²) in [5.74, 6) is 0. The largest absolute Gasteiger partial charge is 0.311 e. The lowest BCUT2D eigenvalue weighted by molar-refractivity contribution is 1.28. The van der Waals surface area contributed by atoms with Crippen LogP contribution < -0.4 is 5.73 Å². The van der Waals surface area contributed by atoms with Gasteiger partial charge in [0.15, 0.2) is 0 Å². The summed E-state index contributed by atoms with van der Waals surface area (Å²) in [6, 6.07) is 0. The zero-order valence-electron chi connectivity index (χ0n) is 2.61. The van der Waals surface area contributed by atoms with Gasteiger partial charge in [0, 0.05) is 0 Å². The molecule has 0 amide bonds. The molecule has 0 aliphatic carbocycles. The standard InChI is InChI=1S/CH6INP2/c2-1(3,4)5/h3-5H2. The quantitative estimate of drug-likeness (QED) is 0.277. The van der Waals surface area contributed by atoms with E-state index in [1.807, 2.05) is 0 Å². The van der Waals surface area contributed by atoms with Crippen molar-refractivity contribution < 1.29 is 0 Å². The van der Waals surface area contributed by atoms with Gasteiger partial charge in [-0.3, -0.25) is 0 Å². The van der Waals surface area contributed by atoms with Gasteiger partial charge in [0.2, 0.25) is 0 Å². The van der Waals surface area contributed by atoms with Crippen molar-refractivity contribution in [2.24, 2.45) is 5.73 Å². The van der Waals surface area contributed by atoms with E-state index < -0.39 is 0 Å². The van der Waals surface area contributed by atoms with Crippen molar-refractivity contribution >= 4 is 41.1 Å². The molecule has 0 rings (SSSR count).